The van der Waals surface area contributed by atoms with Crippen molar-refractivity contribution in [2.45, 2.75) is 18.9 Å². The molecule has 0 unspecified atom stereocenters. The molecule has 96 valence electrons. The maximum atomic E-state index is 11.3. The van der Waals surface area contributed by atoms with E-state index in [1.165, 1.54) is 11.8 Å². The number of ether oxygens (including phenoxy) is 1. The number of halogens is 1. The van der Waals surface area contributed by atoms with E-state index >= 15 is 0 Å². The number of aryl methyl sites for hydroxylation is 1. The number of nitrogens with zero attached hydrogens (tertiary/aromatic N) is 2. The number of aromatic nitrogens is 2. The zero-order chi connectivity index (χ0) is 13.1. The number of carbonyl (C=O) groups is 1. The van der Waals surface area contributed by atoms with Gasteiger partial charge in [0.15, 0.2) is 0 Å². The number of carbonyl (C=O) groups excluding carboxylic acids is 1. The molecule has 0 aliphatic rings. The highest BCUT2D eigenvalue weighted by Gasteiger charge is 2.12. The molecule has 0 aliphatic carbocycles. The van der Waals surface area contributed by atoms with Gasteiger partial charge in [-0.25, -0.2) is 9.97 Å². The first-order chi connectivity index (χ1) is 8.60. The molecular formula is C11H11ClN2O2S2. The maximum Gasteiger partial charge on any atom is 0.316 e. The molecule has 0 bridgehead atoms. The van der Waals surface area contributed by atoms with Gasteiger partial charge in [0.1, 0.15) is 9.86 Å². The lowest BCUT2D eigenvalue weighted by Gasteiger charge is -2.03. The van der Waals surface area contributed by atoms with E-state index in [1.54, 1.807) is 18.3 Å². The van der Waals surface area contributed by atoms with Crippen LogP contribution in [0.5, 0.6) is 0 Å². The summed E-state index contributed by atoms with van der Waals surface area (Å²) in [6, 6.07) is 2.00. The topological polar surface area (TPSA) is 52.1 Å². The summed E-state index contributed by atoms with van der Waals surface area (Å²) in [5.74, 6) is -0.0251. The lowest BCUT2D eigenvalue weighted by molar-refractivity contribution is -0.139. The van der Waals surface area contributed by atoms with Gasteiger partial charge >= 0.3 is 5.97 Å². The predicted molar refractivity (Wildman–Crippen MR) is 74.5 cm³/mol. The van der Waals surface area contributed by atoms with Crippen LogP contribution in [-0.4, -0.2) is 28.3 Å². The molecule has 2 rings (SSSR count). The summed E-state index contributed by atoms with van der Waals surface area (Å²) < 4.78 is 4.88. The Morgan fingerprint density at radius 2 is 2.33 bits per heavy atom. The van der Waals surface area contributed by atoms with Crippen LogP contribution in [0.2, 0.25) is 5.28 Å². The normalized spacial score (nSPS) is 10.8. The van der Waals surface area contributed by atoms with E-state index in [-0.39, 0.29) is 17.0 Å². The van der Waals surface area contributed by atoms with Gasteiger partial charge in [0.05, 0.1) is 12.4 Å². The zero-order valence-electron chi connectivity index (χ0n) is 9.90. The molecule has 0 saturated heterocycles. The van der Waals surface area contributed by atoms with Crippen LogP contribution in [0.1, 0.15) is 11.8 Å². The number of esters is 1. The molecule has 2 heterocycles. The largest absolute Gasteiger partial charge is 0.465 e. The van der Waals surface area contributed by atoms with Crippen molar-refractivity contribution in [1.29, 1.82) is 0 Å². The summed E-state index contributed by atoms with van der Waals surface area (Å²) in [7, 11) is 0. The maximum absolute atomic E-state index is 11.3. The van der Waals surface area contributed by atoms with Gasteiger partial charge in [0.25, 0.3) is 0 Å². The van der Waals surface area contributed by atoms with Crippen LogP contribution in [0.15, 0.2) is 11.1 Å². The molecule has 2 aromatic heterocycles. The fourth-order valence-corrected chi connectivity index (χ4v) is 3.44. The Morgan fingerprint density at radius 1 is 1.56 bits per heavy atom. The molecule has 0 atom stereocenters. The third-order valence-electron chi connectivity index (χ3n) is 2.09. The summed E-state index contributed by atoms with van der Waals surface area (Å²) in [6.45, 7) is 4.17. The summed E-state index contributed by atoms with van der Waals surface area (Å²) in [5.41, 5.74) is 0. The molecule has 0 saturated carbocycles. The lowest BCUT2D eigenvalue weighted by Crippen LogP contribution is -2.06. The summed E-state index contributed by atoms with van der Waals surface area (Å²) >= 11 is 8.75. The van der Waals surface area contributed by atoms with Crippen LogP contribution in [0.3, 0.4) is 0 Å². The van der Waals surface area contributed by atoms with Gasteiger partial charge in [-0.1, -0.05) is 11.8 Å². The highest BCUT2D eigenvalue weighted by atomic mass is 35.5. The van der Waals surface area contributed by atoms with Gasteiger partial charge < -0.3 is 4.74 Å². The van der Waals surface area contributed by atoms with Crippen molar-refractivity contribution >= 4 is 50.9 Å². The standard InChI is InChI=1S/C11H11ClN2O2S2/c1-3-16-8(15)5-17-9-7-4-6(2)18-10(7)14-11(12)13-9/h4H,3,5H2,1-2H3. The molecule has 0 radical (unpaired) electrons. The van der Waals surface area contributed by atoms with Crippen molar-refractivity contribution in [3.05, 3.63) is 16.2 Å². The quantitative estimate of drug-likeness (QED) is 0.375. The Hall–Kier alpha value is -0.850. The molecular weight excluding hydrogens is 292 g/mol. The first kappa shape index (κ1) is 13.6. The summed E-state index contributed by atoms with van der Waals surface area (Å²) in [5, 5.41) is 1.87. The number of hydrogen-bond acceptors (Lipinski definition) is 6. The van der Waals surface area contributed by atoms with Crippen LogP contribution in [0, 0.1) is 6.92 Å². The van der Waals surface area contributed by atoms with Crippen LogP contribution >= 0.6 is 34.7 Å². The average Bonchev–Trinajstić information content (AvgIpc) is 2.66. The van der Waals surface area contributed by atoms with Gasteiger partial charge in [0.2, 0.25) is 5.28 Å². The number of hydrogen-bond donors (Lipinski definition) is 0. The van der Waals surface area contributed by atoms with Crippen molar-refractivity contribution in [2.75, 3.05) is 12.4 Å². The fourth-order valence-electron chi connectivity index (χ4n) is 1.43. The van der Waals surface area contributed by atoms with Gasteiger partial charge in [-0.3, -0.25) is 4.79 Å². The third kappa shape index (κ3) is 3.13. The Morgan fingerprint density at radius 3 is 3.06 bits per heavy atom. The first-order valence-corrected chi connectivity index (χ1v) is 7.50. The number of fused-ring (bicyclic) bond motifs is 1. The molecule has 2 aromatic rings. The molecule has 4 nitrogen and oxygen atoms in total. The van der Waals surface area contributed by atoms with Crippen molar-refractivity contribution in [3.8, 4) is 0 Å². The second-order valence-corrected chi connectivity index (χ2v) is 6.00. The molecule has 18 heavy (non-hydrogen) atoms. The second-order valence-electron chi connectivity index (χ2n) is 3.47. The summed E-state index contributed by atoms with van der Waals surface area (Å²) in [4.78, 5) is 21.6. The van der Waals surface area contributed by atoms with Crippen LogP contribution < -0.4 is 0 Å². The van der Waals surface area contributed by atoms with E-state index < -0.39 is 0 Å². The van der Waals surface area contributed by atoms with E-state index in [2.05, 4.69) is 9.97 Å². The van der Waals surface area contributed by atoms with Gasteiger partial charge in [-0.15, -0.1) is 11.3 Å². The average molecular weight is 303 g/mol. The molecule has 0 fully saturated rings. The molecule has 0 amide bonds. The molecule has 0 aliphatic heterocycles. The van der Waals surface area contributed by atoms with Crippen LogP contribution in [-0.2, 0) is 9.53 Å². The smallest absolute Gasteiger partial charge is 0.316 e. The van der Waals surface area contributed by atoms with E-state index in [1.807, 2.05) is 13.0 Å². The second kappa shape index (κ2) is 5.86. The van der Waals surface area contributed by atoms with Crippen LogP contribution in [0.4, 0.5) is 0 Å². The Balaban J connectivity index is 2.24. The van der Waals surface area contributed by atoms with Crippen LogP contribution in [0.25, 0.3) is 10.2 Å². The number of thiophene rings is 1. The molecule has 0 N–H and O–H groups in total. The fraction of sp³-hybridized carbons (Fsp3) is 0.364. The SMILES string of the molecule is CCOC(=O)CSc1nc(Cl)nc2sc(C)cc12. The Bertz CT molecular complexity index is 586. The van der Waals surface area contributed by atoms with E-state index in [0.29, 0.717) is 6.61 Å². The highest BCUT2D eigenvalue weighted by Crippen LogP contribution is 2.31. The number of thioether (sulfide) groups is 1. The molecule has 0 aromatic carbocycles. The predicted octanol–water partition coefficient (Wildman–Crippen LogP) is 3.31. The lowest BCUT2D eigenvalue weighted by atomic mass is 10.4. The van der Waals surface area contributed by atoms with E-state index in [0.717, 1.165) is 20.1 Å². The minimum absolute atomic E-state index is 0.204. The van der Waals surface area contributed by atoms with Gasteiger partial charge in [-0.05, 0) is 31.5 Å². The summed E-state index contributed by atoms with van der Waals surface area (Å²) in [6.07, 6.45) is 0. The third-order valence-corrected chi connectivity index (χ3v) is 4.16. The minimum atomic E-state index is -0.252. The van der Waals surface area contributed by atoms with E-state index in [9.17, 15) is 4.79 Å². The van der Waals surface area contributed by atoms with Crippen molar-refractivity contribution < 1.29 is 9.53 Å². The van der Waals surface area contributed by atoms with Gasteiger partial charge in [-0.2, -0.15) is 0 Å². The monoisotopic (exact) mass is 302 g/mol. The first-order valence-electron chi connectivity index (χ1n) is 5.32. The minimum Gasteiger partial charge on any atom is -0.465 e. The zero-order valence-corrected chi connectivity index (χ0v) is 12.3. The van der Waals surface area contributed by atoms with E-state index in [4.69, 9.17) is 16.3 Å². The Kier molecular flexibility index (Phi) is 4.42. The number of rotatable bonds is 4. The highest BCUT2D eigenvalue weighted by molar-refractivity contribution is 8.00. The molecule has 0 spiro atoms. The van der Waals surface area contributed by atoms with Crippen molar-refractivity contribution in [3.63, 3.8) is 0 Å². The van der Waals surface area contributed by atoms with Crippen molar-refractivity contribution in [2.24, 2.45) is 0 Å². The van der Waals surface area contributed by atoms with Crippen molar-refractivity contribution in [1.82, 2.24) is 9.97 Å². The Labute approximate surface area is 118 Å². The van der Waals surface area contributed by atoms with Gasteiger partial charge in [0, 0.05) is 10.3 Å². The molecule has 7 heteroatoms.